The molecule has 2 unspecified atom stereocenters. The first-order valence-corrected chi connectivity index (χ1v) is 13.3. The molecule has 0 bridgehead atoms. The number of ether oxygens (including phenoxy) is 1. The van der Waals surface area contributed by atoms with Crippen LogP contribution in [0.25, 0.3) is 0 Å². The molecule has 3 amide bonds. The van der Waals surface area contributed by atoms with Gasteiger partial charge in [0.1, 0.15) is 17.7 Å². The van der Waals surface area contributed by atoms with Crippen molar-refractivity contribution < 1.29 is 19.1 Å². The largest absolute Gasteiger partial charge is 0.444 e. The highest BCUT2D eigenvalue weighted by Crippen LogP contribution is 2.32. The van der Waals surface area contributed by atoms with E-state index in [0.29, 0.717) is 0 Å². The second-order valence-corrected chi connectivity index (χ2v) is 12.4. The van der Waals surface area contributed by atoms with Crippen LogP contribution in [0.5, 0.6) is 0 Å². The summed E-state index contributed by atoms with van der Waals surface area (Å²) in [7, 11) is 0. The first kappa shape index (κ1) is 29.7. The van der Waals surface area contributed by atoms with Crippen LogP contribution in [0, 0.1) is 12.8 Å². The number of rotatable bonds is 7. The fourth-order valence-corrected chi connectivity index (χ4v) is 4.64. The standard InChI is InChI=1S/C29H47N3O4/c1-19(2)23(31-27(35)36-29(7,8)9)26(34)32(28(4,5)6)24(21-17-15-20(3)16-18-21)25(33)30-22-13-11-10-12-14-22/h15-19,22-24H,10-14H2,1-9H3,(H,30,33)(H,31,35). The van der Waals surface area contributed by atoms with Gasteiger partial charge in [-0.25, -0.2) is 4.79 Å². The van der Waals surface area contributed by atoms with Gasteiger partial charge in [0.25, 0.3) is 0 Å². The lowest BCUT2D eigenvalue weighted by molar-refractivity contribution is -0.149. The molecule has 2 N–H and O–H groups in total. The Morgan fingerprint density at radius 3 is 1.97 bits per heavy atom. The van der Waals surface area contributed by atoms with Gasteiger partial charge in [0.05, 0.1) is 0 Å². The Morgan fingerprint density at radius 1 is 0.944 bits per heavy atom. The fraction of sp³-hybridized carbons (Fsp3) is 0.690. The Labute approximate surface area is 217 Å². The molecule has 7 heteroatoms. The van der Waals surface area contributed by atoms with Crippen molar-refractivity contribution in [3.05, 3.63) is 35.4 Å². The molecule has 1 aromatic carbocycles. The lowest BCUT2D eigenvalue weighted by atomic mass is 9.91. The minimum atomic E-state index is -0.852. The van der Waals surface area contributed by atoms with E-state index in [2.05, 4.69) is 10.6 Å². The molecule has 0 spiro atoms. The summed E-state index contributed by atoms with van der Waals surface area (Å²) >= 11 is 0. The van der Waals surface area contributed by atoms with E-state index in [0.717, 1.165) is 36.8 Å². The van der Waals surface area contributed by atoms with E-state index < -0.39 is 29.3 Å². The Balaban J connectivity index is 2.48. The second kappa shape index (κ2) is 12.1. The van der Waals surface area contributed by atoms with Gasteiger partial charge < -0.3 is 20.3 Å². The van der Waals surface area contributed by atoms with Gasteiger partial charge in [-0.05, 0) is 72.8 Å². The summed E-state index contributed by atoms with van der Waals surface area (Å²) in [4.78, 5) is 42.3. The monoisotopic (exact) mass is 501 g/mol. The summed E-state index contributed by atoms with van der Waals surface area (Å²) in [6.07, 6.45) is 4.62. The molecule has 0 aromatic heterocycles. The molecular weight excluding hydrogens is 454 g/mol. The number of carbonyl (C=O) groups is 3. The number of amides is 3. The number of aryl methyl sites for hydroxylation is 1. The number of alkyl carbamates (subject to hydrolysis) is 1. The first-order chi connectivity index (χ1) is 16.6. The van der Waals surface area contributed by atoms with Crippen LogP contribution in [0.3, 0.4) is 0 Å². The summed E-state index contributed by atoms with van der Waals surface area (Å²) < 4.78 is 5.44. The Bertz CT molecular complexity index is 891. The van der Waals surface area contributed by atoms with Crippen molar-refractivity contribution in [2.75, 3.05) is 0 Å². The van der Waals surface area contributed by atoms with Gasteiger partial charge >= 0.3 is 6.09 Å². The summed E-state index contributed by atoms with van der Waals surface area (Å²) in [6.45, 7) is 16.9. The van der Waals surface area contributed by atoms with Crippen LogP contribution in [-0.2, 0) is 14.3 Å². The SMILES string of the molecule is Cc1ccc(C(C(=O)NC2CCCCC2)N(C(=O)C(NC(=O)OC(C)(C)C)C(C)C)C(C)(C)C)cc1. The summed E-state index contributed by atoms with van der Waals surface area (Å²) in [5.74, 6) is -0.712. The van der Waals surface area contributed by atoms with E-state index in [4.69, 9.17) is 4.74 Å². The van der Waals surface area contributed by atoms with Crippen LogP contribution in [0.1, 0.15) is 105 Å². The lowest BCUT2D eigenvalue weighted by Crippen LogP contribution is -2.60. The third kappa shape index (κ3) is 8.52. The van der Waals surface area contributed by atoms with Gasteiger partial charge in [0, 0.05) is 11.6 Å². The van der Waals surface area contributed by atoms with Gasteiger partial charge in [-0.1, -0.05) is 62.9 Å². The molecule has 202 valence electrons. The van der Waals surface area contributed by atoms with E-state index in [-0.39, 0.29) is 23.8 Å². The van der Waals surface area contributed by atoms with Gasteiger partial charge in [-0.3, -0.25) is 9.59 Å². The molecule has 0 saturated heterocycles. The van der Waals surface area contributed by atoms with Crippen molar-refractivity contribution in [1.82, 2.24) is 15.5 Å². The topological polar surface area (TPSA) is 87.7 Å². The molecule has 0 radical (unpaired) electrons. The van der Waals surface area contributed by atoms with Crippen LogP contribution < -0.4 is 10.6 Å². The minimum absolute atomic E-state index is 0.108. The van der Waals surface area contributed by atoms with Gasteiger partial charge in [0.2, 0.25) is 11.8 Å². The molecule has 2 atom stereocenters. The number of nitrogens with one attached hydrogen (secondary N) is 2. The molecule has 1 saturated carbocycles. The van der Waals surface area contributed by atoms with Crippen LogP contribution in [-0.4, -0.2) is 46.0 Å². The quantitative estimate of drug-likeness (QED) is 0.504. The molecular formula is C29H47N3O4. The highest BCUT2D eigenvalue weighted by molar-refractivity contribution is 5.93. The highest BCUT2D eigenvalue weighted by atomic mass is 16.6. The Kier molecular flexibility index (Phi) is 9.98. The minimum Gasteiger partial charge on any atom is -0.444 e. The zero-order chi connectivity index (χ0) is 27.3. The van der Waals surface area contributed by atoms with Crippen molar-refractivity contribution in [3.8, 4) is 0 Å². The summed E-state index contributed by atoms with van der Waals surface area (Å²) in [6, 6.07) is 6.17. The van der Waals surface area contributed by atoms with E-state index in [1.165, 1.54) is 6.42 Å². The third-order valence-corrected chi connectivity index (χ3v) is 6.42. The van der Waals surface area contributed by atoms with E-state index in [9.17, 15) is 14.4 Å². The van der Waals surface area contributed by atoms with E-state index >= 15 is 0 Å². The number of hydrogen-bond donors (Lipinski definition) is 2. The number of nitrogens with zero attached hydrogens (tertiary/aromatic N) is 1. The van der Waals surface area contributed by atoms with Crippen molar-refractivity contribution in [2.45, 2.75) is 124 Å². The smallest absolute Gasteiger partial charge is 0.408 e. The number of benzene rings is 1. The zero-order valence-electron chi connectivity index (χ0n) is 23.7. The average Bonchev–Trinajstić information content (AvgIpc) is 2.74. The van der Waals surface area contributed by atoms with Crippen LogP contribution >= 0.6 is 0 Å². The Hall–Kier alpha value is -2.57. The summed E-state index contributed by atoms with van der Waals surface area (Å²) in [5, 5.41) is 6.01. The average molecular weight is 502 g/mol. The van der Waals surface area contributed by atoms with Crippen molar-refractivity contribution in [2.24, 2.45) is 5.92 Å². The number of carbonyl (C=O) groups excluding carboxylic acids is 3. The van der Waals surface area contributed by atoms with Crippen molar-refractivity contribution in [1.29, 1.82) is 0 Å². The Morgan fingerprint density at radius 2 is 1.50 bits per heavy atom. The van der Waals surface area contributed by atoms with Gasteiger partial charge in [-0.15, -0.1) is 0 Å². The predicted molar refractivity (Wildman–Crippen MR) is 144 cm³/mol. The molecule has 2 rings (SSSR count). The van der Waals surface area contributed by atoms with Gasteiger partial charge in [-0.2, -0.15) is 0 Å². The number of hydrogen-bond acceptors (Lipinski definition) is 4. The lowest BCUT2D eigenvalue weighted by Gasteiger charge is -2.44. The maximum atomic E-state index is 14.2. The normalized spacial score (nSPS) is 16.7. The molecule has 36 heavy (non-hydrogen) atoms. The van der Waals surface area contributed by atoms with Crippen molar-refractivity contribution >= 4 is 17.9 Å². The summed E-state index contributed by atoms with van der Waals surface area (Å²) in [5.41, 5.74) is 0.435. The van der Waals surface area contributed by atoms with Crippen LogP contribution in [0.4, 0.5) is 4.79 Å². The van der Waals surface area contributed by atoms with E-state index in [1.54, 1.807) is 25.7 Å². The molecule has 0 aliphatic heterocycles. The second-order valence-electron chi connectivity index (χ2n) is 12.4. The maximum absolute atomic E-state index is 14.2. The van der Waals surface area contributed by atoms with Crippen LogP contribution in [0.15, 0.2) is 24.3 Å². The molecule has 1 fully saturated rings. The van der Waals surface area contributed by atoms with Crippen molar-refractivity contribution in [3.63, 3.8) is 0 Å². The van der Waals surface area contributed by atoms with Gasteiger partial charge in [0.15, 0.2) is 0 Å². The predicted octanol–water partition coefficient (Wildman–Crippen LogP) is 5.66. The molecule has 0 heterocycles. The molecule has 1 aromatic rings. The molecule has 1 aliphatic carbocycles. The maximum Gasteiger partial charge on any atom is 0.408 e. The first-order valence-electron chi connectivity index (χ1n) is 13.3. The third-order valence-electron chi connectivity index (χ3n) is 6.42. The zero-order valence-corrected chi connectivity index (χ0v) is 23.7. The highest BCUT2D eigenvalue weighted by Gasteiger charge is 2.43. The molecule has 7 nitrogen and oxygen atoms in total. The van der Waals surface area contributed by atoms with E-state index in [1.807, 2.05) is 65.8 Å². The fourth-order valence-electron chi connectivity index (χ4n) is 4.64. The molecule has 1 aliphatic rings. The van der Waals surface area contributed by atoms with Crippen LogP contribution in [0.2, 0.25) is 0 Å².